The van der Waals surface area contributed by atoms with E-state index in [4.69, 9.17) is 24.8 Å². The maximum absolute atomic E-state index is 12.6. The van der Waals surface area contributed by atoms with Gasteiger partial charge in [-0.15, -0.1) is 0 Å². The van der Waals surface area contributed by atoms with Crippen molar-refractivity contribution in [2.45, 2.75) is 180 Å². The first-order valence-electron chi connectivity index (χ1n) is 20.7. The fraction of sp³-hybridized carbons (Fsp3) is 0.738. The first-order valence-corrected chi connectivity index (χ1v) is 22.2. The molecule has 4 N–H and O–H groups in total. The van der Waals surface area contributed by atoms with E-state index in [0.717, 1.165) is 89.9 Å². The van der Waals surface area contributed by atoms with Crippen molar-refractivity contribution in [1.29, 1.82) is 0 Å². The molecule has 0 aromatic rings. The number of carbonyl (C=O) groups is 3. The van der Waals surface area contributed by atoms with Gasteiger partial charge < -0.3 is 25.2 Å². The van der Waals surface area contributed by atoms with Crippen LogP contribution >= 0.6 is 7.82 Å². The lowest BCUT2D eigenvalue weighted by molar-refractivity contribution is -0.161. The zero-order valence-electron chi connectivity index (χ0n) is 33.6. The monoisotopic (exact) mass is 784 g/mol. The number of esters is 2. The number of aliphatic carboxylic acids is 1. The Kier molecular flexibility index (Phi) is 35.6. The van der Waals surface area contributed by atoms with Gasteiger partial charge in [-0.2, -0.15) is 0 Å². The highest BCUT2D eigenvalue weighted by Gasteiger charge is 2.28. The van der Waals surface area contributed by atoms with Crippen LogP contribution in [-0.4, -0.2) is 59.9 Å². The summed E-state index contributed by atoms with van der Waals surface area (Å²) in [6.07, 6.45) is 40.3. The van der Waals surface area contributed by atoms with E-state index in [0.29, 0.717) is 12.8 Å². The molecule has 0 spiro atoms. The van der Waals surface area contributed by atoms with Gasteiger partial charge in [0.25, 0.3) is 0 Å². The third kappa shape index (κ3) is 36.4. The Morgan fingerprint density at radius 2 is 1.00 bits per heavy atom. The van der Waals surface area contributed by atoms with Gasteiger partial charge in [-0.05, 0) is 70.6 Å². The van der Waals surface area contributed by atoms with Gasteiger partial charge >= 0.3 is 25.7 Å². The van der Waals surface area contributed by atoms with Crippen LogP contribution in [0.1, 0.15) is 168 Å². The summed E-state index contributed by atoms with van der Waals surface area (Å²) in [5, 5.41) is 8.87. The summed E-state index contributed by atoms with van der Waals surface area (Å²) in [6.45, 7) is 2.70. The van der Waals surface area contributed by atoms with Crippen molar-refractivity contribution in [1.82, 2.24) is 0 Å². The fourth-order valence-electron chi connectivity index (χ4n) is 5.23. The second-order valence-corrected chi connectivity index (χ2v) is 15.2. The van der Waals surface area contributed by atoms with E-state index in [1.54, 1.807) is 0 Å². The molecule has 0 saturated heterocycles. The maximum atomic E-state index is 12.6. The average Bonchev–Trinajstić information content (AvgIpc) is 3.14. The predicted octanol–water partition coefficient (Wildman–Crippen LogP) is 10.6. The second kappa shape index (κ2) is 37.4. The Bertz CT molecular complexity index is 1110. The molecule has 0 rings (SSSR count). The van der Waals surface area contributed by atoms with Crippen LogP contribution in [0.2, 0.25) is 0 Å². The number of hydrogen-bond acceptors (Lipinski definition) is 9. The summed E-state index contributed by atoms with van der Waals surface area (Å²) in [5.41, 5.74) is 5.32. The first kappa shape index (κ1) is 51.4. The quantitative estimate of drug-likeness (QED) is 0.0235. The summed E-state index contributed by atoms with van der Waals surface area (Å²) in [4.78, 5) is 45.9. The van der Waals surface area contributed by atoms with Crippen LogP contribution in [0.15, 0.2) is 48.6 Å². The Morgan fingerprint density at radius 1 is 0.574 bits per heavy atom. The maximum Gasteiger partial charge on any atom is 0.472 e. The Labute approximate surface area is 326 Å². The number of carboxylic acid groups (broad SMARTS) is 1. The van der Waals surface area contributed by atoms with Gasteiger partial charge in [0, 0.05) is 12.8 Å². The number of carbonyl (C=O) groups excluding carboxylic acids is 2. The van der Waals surface area contributed by atoms with Gasteiger partial charge in [-0.3, -0.25) is 23.4 Å². The molecule has 0 aliphatic rings. The molecule has 12 heteroatoms. The van der Waals surface area contributed by atoms with E-state index >= 15 is 0 Å². The fourth-order valence-corrected chi connectivity index (χ4v) is 6.01. The number of ether oxygens (including phenoxy) is 2. The van der Waals surface area contributed by atoms with Crippen LogP contribution in [0.3, 0.4) is 0 Å². The molecule has 0 aromatic carbocycles. The number of phosphoric acid groups is 1. The van der Waals surface area contributed by atoms with Crippen molar-refractivity contribution in [2.24, 2.45) is 5.73 Å². The van der Waals surface area contributed by atoms with E-state index in [2.05, 4.69) is 67.0 Å². The third-order valence-electron chi connectivity index (χ3n) is 8.55. The Morgan fingerprint density at radius 3 is 1.50 bits per heavy atom. The molecule has 0 aliphatic heterocycles. The molecule has 11 nitrogen and oxygen atoms in total. The number of hydrogen-bond donors (Lipinski definition) is 3. The average molecular weight is 784 g/mol. The molecule has 312 valence electrons. The van der Waals surface area contributed by atoms with Crippen LogP contribution in [0.25, 0.3) is 0 Å². The normalized spacial score (nSPS) is 14.3. The molecule has 0 radical (unpaired) electrons. The third-order valence-corrected chi connectivity index (χ3v) is 9.50. The molecule has 0 aliphatic carbocycles. The van der Waals surface area contributed by atoms with E-state index in [9.17, 15) is 23.8 Å². The Balaban J connectivity index is 4.45. The SMILES string of the molecule is CCCC/C=C\C/C=C\CCCCCCCC(=O)OCC(COP(=O)(O)OCC(N)C(=O)O)OC(=O)CCCCCCC/C=C\C/C=C\CCCCCC. The predicted molar refractivity (Wildman–Crippen MR) is 217 cm³/mol. The van der Waals surface area contributed by atoms with Gasteiger partial charge in [0.05, 0.1) is 13.2 Å². The molecule has 0 saturated carbocycles. The summed E-state index contributed by atoms with van der Waals surface area (Å²) >= 11 is 0. The van der Waals surface area contributed by atoms with Crippen LogP contribution in [0.4, 0.5) is 0 Å². The molecule has 3 unspecified atom stereocenters. The van der Waals surface area contributed by atoms with Crippen molar-refractivity contribution >= 4 is 25.7 Å². The second-order valence-electron chi connectivity index (χ2n) is 13.8. The molecule has 0 amide bonds. The lowest BCUT2D eigenvalue weighted by Crippen LogP contribution is -2.34. The van der Waals surface area contributed by atoms with Gasteiger partial charge in [0.1, 0.15) is 12.6 Å². The minimum Gasteiger partial charge on any atom is -0.480 e. The number of carboxylic acids is 1. The molecule has 54 heavy (non-hydrogen) atoms. The number of phosphoric ester groups is 1. The summed E-state index contributed by atoms with van der Waals surface area (Å²) < 4.78 is 32.6. The van der Waals surface area contributed by atoms with Gasteiger partial charge in [-0.25, -0.2) is 4.57 Å². The number of nitrogens with two attached hydrogens (primary N) is 1. The minimum absolute atomic E-state index is 0.141. The number of unbranched alkanes of at least 4 members (excludes halogenated alkanes) is 16. The molecular weight excluding hydrogens is 709 g/mol. The van der Waals surface area contributed by atoms with Gasteiger partial charge in [0.2, 0.25) is 0 Å². The minimum atomic E-state index is -4.72. The molecule has 0 heterocycles. The van der Waals surface area contributed by atoms with Crippen LogP contribution < -0.4 is 5.73 Å². The van der Waals surface area contributed by atoms with Crippen LogP contribution in [-0.2, 0) is 37.5 Å². The molecule has 3 atom stereocenters. The topological polar surface area (TPSA) is 172 Å². The zero-order chi connectivity index (χ0) is 40.0. The molecule has 0 fully saturated rings. The van der Waals surface area contributed by atoms with E-state index in [1.165, 1.54) is 38.5 Å². The highest BCUT2D eigenvalue weighted by atomic mass is 31.2. The van der Waals surface area contributed by atoms with Gasteiger partial charge in [-0.1, -0.05) is 133 Å². The molecule has 0 aromatic heterocycles. The van der Waals surface area contributed by atoms with Crippen molar-refractivity contribution in [3.63, 3.8) is 0 Å². The van der Waals surface area contributed by atoms with E-state index in [1.807, 2.05) is 0 Å². The number of rotatable bonds is 38. The van der Waals surface area contributed by atoms with Crippen molar-refractivity contribution in [2.75, 3.05) is 19.8 Å². The lowest BCUT2D eigenvalue weighted by Gasteiger charge is -2.20. The summed E-state index contributed by atoms with van der Waals surface area (Å²) in [5.74, 6) is -2.42. The van der Waals surface area contributed by atoms with E-state index < -0.39 is 51.1 Å². The van der Waals surface area contributed by atoms with Gasteiger partial charge in [0.15, 0.2) is 6.10 Å². The van der Waals surface area contributed by atoms with Crippen molar-refractivity contribution in [3.05, 3.63) is 48.6 Å². The standard InChI is InChI=1S/C42H74NO10P/c1-3-5-7-9-11-13-15-17-19-20-22-24-26-28-30-32-34-41(45)53-38(36-51-54(48,49)52-37-39(43)42(46)47)35-50-40(44)33-31-29-27-25-23-21-18-16-14-12-10-8-6-4-2/h10,12-13,15-16,18-20,38-39H,3-9,11,14,17,21-37,43H2,1-2H3,(H,46,47)(H,48,49)/b12-10-,15-13-,18-16-,20-19-. The number of allylic oxidation sites excluding steroid dienone is 8. The highest BCUT2D eigenvalue weighted by Crippen LogP contribution is 2.43. The summed E-state index contributed by atoms with van der Waals surface area (Å²) in [6, 6.07) is -1.53. The lowest BCUT2D eigenvalue weighted by atomic mass is 10.1. The highest BCUT2D eigenvalue weighted by molar-refractivity contribution is 7.47. The zero-order valence-corrected chi connectivity index (χ0v) is 34.4. The first-order chi connectivity index (χ1) is 26.1. The van der Waals surface area contributed by atoms with Crippen molar-refractivity contribution in [3.8, 4) is 0 Å². The summed E-state index contributed by atoms with van der Waals surface area (Å²) in [7, 11) is -4.72. The van der Waals surface area contributed by atoms with Crippen LogP contribution in [0, 0.1) is 0 Å². The van der Waals surface area contributed by atoms with E-state index in [-0.39, 0.29) is 19.4 Å². The molecular formula is C42H74NO10P. The van der Waals surface area contributed by atoms with Crippen LogP contribution in [0.5, 0.6) is 0 Å². The smallest absolute Gasteiger partial charge is 0.472 e. The Hall–Kier alpha value is -2.56. The van der Waals surface area contributed by atoms with Crippen molar-refractivity contribution < 1.29 is 47.5 Å². The largest absolute Gasteiger partial charge is 0.480 e. The molecule has 0 bridgehead atoms.